The number of nitrogens with zero attached hydrogens (tertiary/aromatic N) is 3. The van der Waals surface area contributed by atoms with Gasteiger partial charge in [0.05, 0.1) is 11.5 Å². The van der Waals surface area contributed by atoms with E-state index in [9.17, 15) is 18.0 Å². The fraction of sp³-hybridized carbons (Fsp3) is 0.440. The summed E-state index contributed by atoms with van der Waals surface area (Å²) < 4.78 is 33.2. The van der Waals surface area contributed by atoms with Crippen LogP contribution in [0.4, 0.5) is 11.4 Å². The third kappa shape index (κ3) is 4.95. The van der Waals surface area contributed by atoms with Crippen LogP contribution in [0, 0.1) is 0 Å². The first-order valence-electron chi connectivity index (χ1n) is 11.7. The van der Waals surface area contributed by atoms with Gasteiger partial charge < -0.3 is 14.5 Å². The van der Waals surface area contributed by atoms with Crippen LogP contribution in [0.1, 0.15) is 38.2 Å². The average Bonchev–Trinajstić information content (AvgIpc) is 2.86. The number of carbonyl (C=O) groups is 2. The Kier molecular flexibility index (Phi) is 7.23. The summed E-state index contributed by atoms with van der Waals surface area (Å²) in [5.74, 6) is 0.338. The van der Waals surface area contributed by atoms with Gasteiger partial charge in [-0.1, -0.05) is 6.42 Å². The van der Waals surface area contributed by atoms with Crippen molar-refractivity contribution in [2.75, 3.05) is 43.1 Å². The molecule has 2 amide bonds. The number of anilines is 2. The zero-order valence-electron chi connectivity index (χ0n) is 19.7. The Hall–Kier alpha value is -2.91. The molecule has 0 aliphatic carbocycles. The van der Waals surface area contributed by atoms with Gasteiger partial charge in [0.1, 0.15) is 12.3 Å². The highest BCUT2D eigenvalue weighted by Gasteiger charge is 2.31. The molecule has 0 spiro atoms. The molecule has 1 saturated heterocycles. The Morgan fingerprint density at radius 1 is 1.03 bits per heavy atom. The number of carbonyl (C=O) groups excluding carboxylic acids is 2. The van der Waals surface area contributed by atoms with Crippen molar-refractivity contribution in [3.05, 3.63) is 48.0 Å². The topological polar surface area (TPSA) is 87.2 Å². The summed E-state index contributed by atoms with van der Waals surface area (Å²) in [6, 6.07) is 12.1. The van der Waals surface area contributed by atoms with E-state index in [4.69, 9.17) is 4.74 Å². The van der Waals surface area contributed by atoms with Crippen LogP contribution >= 0.6 is 0 Å². The van der Waals surface area contributed by atoms with E-state index in [0.29, 0.717) is 37.5 Å². The smallest absolute Gasteiger partial charge is 0.246 e. The molecule has 0 saturated carbocycles. The lowest BCUT2D eigenvalue weighted by Gasteiger charge is -2.31. The number of benzene rings is 2. The first kappa shape index (κ1) is 24.2. The van der Waals surface area contributed by atoms with E-state index in [1.54, 1.807) is 53.8 Å². The van der Waals surface area contributed by atoms with Crippen LogP contribution in [0.2, 0.25) is 0 Å². The first-order valence-corrected chi connectivity index (χ1v) is 13.2. The summed E-state index contributed by atoms with van der Waals surface area (Å²) in [7, 11) is -1.89. The molecule has 182 valence electrons. The van der Waals surface area contributed by atoms with Crippen LogP contribution in [-0.2, 0) is 26.0 Å². The molecule has 0 atom stereocenters. The van der Waals surface area contributed by atoms with Gasteiger partial charge in [0, 0.05) is 37.9 Å². The summed E-state index contributed by atoms with van der Waals surface area (Å²) in [4.78, 5) is 28.9. The minimum Gasteiger partial charge on any atom is -0.494 e. The second-order valence-electron chi connectivity index (χ2n) is 8.61. The van der Waals surface area contributed by atoms with E-state index in [1.165, 1.54) is 9.80 Å². The Labute approximate surface area is 201 Å². The van der Waals surface area contributed by atoms with Crippen LogP contribution < -0.4 is 14.5 Å². The molecule has 1 fully saturated rings. The van der Waals surface area contributed by atoms with E-state index in [-0.39, 0.29) is 29.7 Å². The molecule has 0 bridgehead atoms. The van der Waals surface area contributed by atoms with Gasteiger partial charge in [-0.2, -0.15) is 4.31 Å². The van der Waals surface area contributed by atoms with Gasteiger partial charge in [0.2, 0.25) is 21.8 Å². The second-order valence-corrected chi connectivity index (χ2v) is 10.6. The number of hydrogen-bond acceptors (Lipinski definition) is 5. The predicted octanol–water partition coefficient (Wildman–Crippen LogP) is 3.20. The van der Waals surface area contributed by atoms with Crippen molar-refractivity contribution in [2.24, 2.45) is 0 Å². The normalized spacial score (nSPS) is 16.8. The van der Waals surface area contributed by atoms with Crippen LogP contribution in [-0.4, -0.2) is 57.8 Å². The molecular weight excluding hydrogens is 454 g/mol. The van der Waals surface area contributed by atoms with Gasteiger partial charge in [-0.25, -0.2) is 8.42 Å². The molecule has 9 heteroatoms. The van der Waals surface area contributed by atoms with Crippen molar-refractivity contribution in [1.29, 1.82) is 0 Å². The number of sulfonamides is 1. The van der Waals surface area contributed by atoms with Gasteiger partial charge in [0.25, 0.3) is 0 Å². The number of rotatable bonds is 7. The zero-order valence-corrected chi connectivity index (χ0v) is 20.5. The maximum absolute atomic E-state index is 13.1. The Morgan fingerprint density at radius 2 is 1.74 bits per heavy atom. The molecule has 2 aliphatic rings. The molecular formula is C25H31N3O5S. The minimum atomic E-state index is -3.56. The van der Waals surface area contributed by atoms with Gasteiger partial charge in [-0.15, -0.1) is 0 Å². The number of ether oxygens (including phenoxy) is 1. The van der Waals surface area contributed by atoms with Gasteiger partial charge in [-0.05, 0) is 74.2 Å². The van der Waals surface area contributed by atoms with Crippen LogP contribution in [0.25, 0.3) is 0 Å². The van der Waals surface area contributed by atoms with Crippen molar-refractivity contribution < 1.29 is 22.7 Å². The van der Waals surface area contributed by atoms with Crippen molar-refractivity contribution in [3.8, 4) is 5.75 Å². The van der Waals surface area contributed by atoms with Gasteiger partial charge in [0.15, 0.2) is 0 Å². The molecule has 2 aliphatic heterocycles. The Bertz CT molecular complexity index is 1160. The minimum absolute atomic E-state index is 0.117. The standard InChI is InChI=1S/C25H31N3O5S/c1-3-33-21-10-8-20(9-11-21)26(2)25(30)18-28-23-13-12-22(17-19(23)7-14-24(28)29)34(31,32)27-15-5-4-6-16-27/h8-13,17H,3-7,14-16,18H2,1-2H3. The summed E-state index contributed by atoms with van der Waals surface area (Å²) in [5.41, 5.74) is 2.07. The van der Waals surface area contributed by atoms with Crippen molar-refractivity contribution in [2.45, 2.75) is 43.9 Å². The van der Waals surface area contributed by atoms with Crippen LogP contribution in [0.15, 0.2) is 47.4 Å². The molecule has 4 rings (SSSR count). The Morgan fingerprint density at radius 3 is 2.41 bits per heavy atom. The largest absolute Gasteiger partial charge is 0.494 e. The predicted molar refractivity (Wildman–Crippen MR) is 131 cm³/mol. The first-order chi connectivity index (χ1) is 16.3. The van der Waals surface area contributed by atoms with Crippen molar-refractivity contribution in [1.82, 2.24) is 4.31 Å². The quantitative estimate of drug-likeness (QED) is 0.601. The summed E-state index contributed by atoms with van der Waals surface area (Å²) in [5, 5.41) is 0. The van der Waals surface area contributed by atoms with Crippen LogP contribution in [0.5, 0.6) is 5.75 Å². The van der Waals surface area contributed by atoms with E-state index < -0.39 is 10.0 Å². The highest BCUT2D eigenvalue weighted by molar-refractivity contribution is 7.89. The average molecular weight is 486 g/mol. The Balaban J connectivity index is 1.52. The third-order valence-electron chi connectivity index (χ3n) is 6.41. The molecule has 2 heterocycles. The third-order valence-corrected chi connectivity index (χ3v) is 8.30. The molecule has 0 unspecified atom stereocenters. The van der Waals surface area contributed by atoms with E-state index in [1.807, 2.05) is 6.92 Å². The summed E-state index contributed by atoms with van der Waals surface area (Å²) in [6.07, 6.45) is 3.48. The zero-order chi connectivity index (χ0) is 24.3. The lowest BCUT2D eigenvalue weighted by Crippen LogP contribution is -2.44. The van der Waals surface area contributed by atoms with E-state index in [0.717, 1.165) is 30.6 Å². The van der Waals surface area contributed by atoms with Crippen LogP contribution in [0.3, 0.4) is 0 Å². The van der Waals surface area contributed by atoms with Gasteiger partial charge in [-0.3, -0.25) is 9.59 Å². The molecule has 0 aromatic heterocycles. The molecule has 2 aromatic carbocycles. The fourth-order valence-corrected chi connectivity index (χ4v) is 6.01. The fourth-order valence-electron chi connectivity index (χ4n) is 4.44. The van der Waals surface area contributed by atoms with E-state index >= 15 is 0 Å². The monoisotopic (exact) mass is 485 g/mol. The highest BCUT2D eigenvalue weighted by Crippen LogP contribution is 2.32. The number of fused-ring (bicyclic) bond motifs is 1. The molecule has 2 aromatic rings. The lowest BCUT2D eigenvalue weighted by molar-refractivity contribution is -0.122. The molecule has 0 radical (unpaired) electrons. The molecule has 8 nitrogen and oxygen atoms in total. The number of likely N-dealkylation sites (N-methyl/N-ethyl adjacent to an activating group) is 1. The maximum atomic E-state index is 13.1. The summed E-state index contributed by atoms with van der Waals surface area (Å²) in [6.45, 7) is 3.43. The SMILES string of the molecule is CCOc1ccc(N(C)C(=O)CN2C(=O)CCc3cc(S(=O)(=O)N4CCCCC4)ccc32)cc1. The van der Waals surface area contributed by atoms with Crippen molar-refractivity contribution >= 4 is 33.2 Å². The van der Waals surface area contributed by atoms with E-state index in [2.05, 4.69) is 0 Å². The highest BCUT2D eigenvalue weighted by atomic mass is 32.2. The number of amides is 2. The molecule has 0 N–H and O–H groups in total. The van der Waals surface area contributed by atoms with Gasteiger partial charge >= 0.3 is 0 Å². The number of hydrogen-bond donors (Lipinski definition) is 0. The summed E-state index contributed by atoms with van der Waals surface area (Å²) >= 11 is 0. The number of piperidine rings is 1. The number of aryl methyl sites for hydroxylation is 1. The maximum Gasteiger partial charge on any atom is 0.246 e. The molecule has 34 heavy (non-hydrogen) atoms. The second kappa shape index (κ2) is 10.1. The lowest BCUT2D eigenvalue weighted by atomic mass is 10.0. The van der Waals surface area contributed by atoms with Crippen molar-refractivity contribution in [3.63, 3.8) is 0 Å².